The van der Waals surface area contributed by atoms with Gasteiger partial charge in [0.15, 0.2) is 5.65 Å². The molecule has 2 aliphatic rings. The van der Waals surface area contributed by atoms with E-state index in [1.807, 2.05) is 18.2 Å². The van der Waals surface area contributed by atoms with E-state index >= 15 is 0 Å². The number of para-hydroxylation sites is 2. The van der Waals surface area contributed by atoms with E-state index in [1.54, 1.807) is 0 Å². The van der Waals surface area contributed by atoms with Crippen molar-refractivity contribution in [2.45, 2.75) is 31.8 Å². The van der Waals surface area contributed by atoms with Gasteiger partial charge in [-0.15, -0.1) is 12.4 Å². The van der Waals surface area contributed by atoms with E-state index in [1.165, 1.54) is 5.56 Å². The molecule has 0 saturated carbocycles. The highest BCUT2D eigenvalue weighted by Crippen LogP contribution is 2.39. The number of hydrogen-bond acceptors (Lipinski definition) is 5. The second-order valence-corrected chi connectivity index (χ2v) is 7.51. The largest absolute Gasteiger partial charge is 0.368 e. The standard InChI is InChI=1S/C21H21N5O2.ClH/c22-10-16-14-4-3-5-15(14)21(25-9-8-13(11-25)28-12-19(23)27)26-18-7-2-1-6-17(18)24-20(16)26;/h1-2,6-7,13H,3-5,8-9,11-12H2,(H2,23,27);1H. The summed E-state index contributed by atoms with van der Waals surface area (Å²) in [5.74, 6) is 0.682. The third-order valence-electron chi connectivity index (χ3n) is 5.80. The lowest BCUT2D eigenvalue weighted by molar-refractivity contribution is -0.124. The van der Waals surface area contributed by atoms with Crippen LogP contribution in [0.2, 0.25) is 0 Å². The van der Waals surface area contributed by atoms with Crippen molar-refractivity contribution in [1.29, 1.82) is 5.26 Å². The van der Waals surface area contributed by atoms with Crippen LogP contribution in [-0.2, 0) is 22.4 Å². The number of nitrogens with two attached hydrogens (primary N) is 1. The highest BCUT2D eigenvalue weighted by Gasteiger charge is 2.32. The van der Waals surface area contributed by atoms with Gasteiger partial charge in [0.1, 0.15) is 18.5 Å². The first-order chi connectivity index (χ1) is 13.7. The lowest BCUT2D eigenvalue weighted by atomic mass is 10.1. The summed E-state index contributed by atoms with van der Waals surface area (Å²) in [6.07, 6.45) is 3.75. The van der Waals surface area contributed by atoms with Crippen molar-refractivity contribution < 1.29 is 9.53 Å². The van der Waals surface area contributed by atoms with Crippen LogP contribution in [-0.4, -0.2) is 41.1 Å². The number of hydrogen-bond donors (Lipinski definition) is 1. The Hall–Kier alpha value is -2.82. The van der Waals surface area contributed by atoms with Crippen LogP contribution in [0.4, 0.5) is 5.82 Å². The van der Waals surface area contributed by atoms with Gasteiger partial charge in [-0.2, -0.15) is 5.26 Å². The van der Waals surface area contributed by atoms with Crippen molar-refractivity contribution in [3.05, 3.63) is 41.0 Å². The van der Waals surface area contributed by atoms with E-state index in [-0.39, 0.29) is 25.1 Å². The summed E-state index contributed by atoms with van der Waals surface area (Å²) in [7, 11) is 0. The van der Waals surface area contributed by atoms with Gasteiger partial charge in [-0.25, -0.2) is 4.98 Å². The van der Waals surface area contributed by atoms with Crippen LogP contribution in [0.1, 0.15) is 29.5 Å². The van der Waals surface area contributed by atoms with Crippen molar-refractivity contribution in [3.8, 4) is 6.07 Å². The average molecular weight is 412 g/mol. The van der Waals surface area contributed by atoms with Crippen LogP contribution in [0, 0.1) is 11.3 Å². The topological polar surface area (TPSA) is 96.6 Å². The SMILES string of the molecule is Cl.N#Cc1c2c(c(N3CCC(OCC(N)=O)C3)n3c1nc1ccccc13)CCC2. The zero-order valence-corrected chi connectivity index (χ0v) is 16.7. The predicted octanol–water partition coefficient (Wildman–Crippen LogP) is 2.35. The molecule has 2 N–H and O–H groups in total. The summed E-state index contributed by atoms with van der Waals surface area (Å²) in [5.41, 5.74) is 11.0. The quantitative estimate of drug-likeness (QED) is 0.710. The zero-order valence-electron chi connectivity index (χ0n) is 15.9. The molecular weight excluding hydrogens is 390 g/mol. The second kappa shape index (κ2) is 7.54. The molecule has 1 amide bonds. The number of rotatable bonds is 4. The fraction of sp³-hybridized carbons (Fsp3) is 0.381. The molecule has 5 rings (SSSR count). The summed E-state index contributed by atoms with van der Waals surface area (Å²) < 4.78 is 7.82. The summed E-state index contributed by atoms with van der Waals surface area (Å²) in [6.45, 7) is 1.49. The molecule has 0 bridgehead atoms. The van der Waals surface area contributed by atoms with Crippen molar-refractivity contribution in [1.82, 2.24) is 9.38 Å². The Morgan fingerprint density at radius 3 is 2.90 bits per heavy atom. The molecule has 1 saturated heterocycles. The minimum atomic E-state index is -0.444. The third-order valence-corrected chi connectivity index (χ3v) is 5.80. The number of carbonyl (C=O) groups excluding carboxylic acids is 1. The molecule has 1 aromatic carbocycles. The van der Waals surface area contributed by atoms with Crippen LogP contribution in [0.15, 0.2) is 24.3 Å². The van der Waals surface area contributed by atoms with Gasteiger partial charge in [-0.3, -0.25) is 9.20 Å². The van der Waals surface area contributed by atoms with E-state index in [0.29, 0.717) is 12.1 Å². The first kappa shape index (κ1) is 19.5. The Balaban J connectivity index is 0.00000205. The van der Waals surface area contributed by atoms with Crippen molar-refractivity contribution >= 4 is 40.8 Å². The fourth-order valence-electron chi connectivity index (χ4n) is 4.65. The second-order valence-electron chi connectivity index (χ2n) is 7.51. The van der Waals surface area contributed by atoms with Crippen LogP contribution in [0.25, 0.3) is 16.7 Å². The highest BCUT2D eigenvalue weighted by molar-refractivity contribution is 5.87. The van der Waals surface area contributed by atoms with Gasteiger partial charge in [0.2, 0.25) is 5.91 Å². The normalized spacial score (nSPS) is 18.0. The number of anilines is 1. The number of pyridine rings is 1. The maximum Gasteiger partial charge on any atom is 0.243 e. The number of fused-ring (bicyclic) bond motifs is 4. The Morgan fingerprint density at radius 1 is 1.31 bits per heavy atom. The van der Waals surface area contributed by atoms with Crippen molar-refractivity contribution in [2.75, 3.05) is 24.6 Å². The van der Waals surface area contributed by atoms with Gasteiger partial charge in [-0.05, 0) is 48.9 Å². The van der Waals surface area contributed by atoms with Gasteiger partial charge in [-0.1, -0.05) is 12.1 Å². The minimum absolute atomic E-state index is 0. The highest BCUT2D eigenvalue weighted by atomic mass is 35.5. The molecule has 3 aromatic rings. The summed E-state index contributed by atoms with van der Waals surface area (Å²) in [5, 5.41) is 9.86. The van der Waals surface area contributed by atoms with E-state index < -0.39 is 5.91 Å². The van der Waals surface area contributed by atoms with Crippen molar-refractivity contribution in [2.24, 2.45) is 5.73 Å². The fourth-order valence-corrected chi connectivity index (χ4v) is 4.65. The lowest BCUT2D eigenvalue weighted by Gasteiger charge is -2.24. The van der Waals surface area contributed by atoms with Crippen LogP contribution in [0.3, 0.4) is 0 Å². The van der Waals surface area contributed by atoms with Gasteiger partial charge < -0.3 is 15.4 Å². The van der Waals surface area contributed by atoms with E-state index in [0.717, 1.165) is 60.3 Å². The molecule has 1 atom stereocenters. The molecule has 1 unspecified atom stereocenters. The van der Waals surface area contributed by atoms with Gasteiger partial charge in [0, 0.05) is 13.1 Å². The first-order valence-electron chi connectivity index (χ1n) is 9.67. The number of aromatic nitrogens is 2. The van der Waals surface area contributed by atoms with E-state index in [4.69, 9.17) is 15.5 Å². The van der Waals surface area contributed by atoms with Gasteiger partial charge >= 0.3 is 0 Å². The molecule has 0 spiro atoms. The molecular formula is C21H22ClN5O2. The smallest absolute Gasteiger partial charge is 0.243 e. The Kier molecular flexibility index (Phi) is 5.07. The Bertz CT molecular complexity index is 1150. The molecule has 150 valence electrons. The van der Waals surface area contributed by atoms with Gasteiger partial charge in [0.25, 0.3) is 0 Å². The monoisotopic (exact) mass is 411 g/mol. The Labute approximate surface area is 174 Å². The number of ether oxygens (including phenoxy) is 1. The number of primary amides is 1. The predicted molar refractivity (Wildman–Crippen MR) is 112 cm³/mol. The number of amides is 1. The maximum atomic E-state index is 11.1. The van der Waals surface area contributed by atoms with Gasteiger partial charge in [0.05, 0.1) is 22.7 Å². The van der Waals surface area contributed by atoms with E-state index in [9.17, 15) is 10.1 Å². The number of benzene rings is 1. The first-order valence-corrected chi connectivity index (χ1v) is 9.67. The summed E-state index contributed by atoms with van der Waals surface area (Å²) in [6, 6.07) is 10.4. The molecule has 1 aliphatic heterocycles. The zero-order chi connectivity index (χ0) is 19.3. The summed E-state index contributed by atoms with van der Waals surface area (Å²) in [4.78, 5) is 18.2. The van der Waals surface area contributed by atoms with Crippen LogP contribution in [0.5, 0.6) is 0 Å². The van der Waals surface area contributed by atoms with E-state index in [2.05, 4.69) is 21.4 Å². The molecule has 1 fully saturated rings. The minimum Gasteiger partial charge on any atom is -0.368 e. The third kappa shape index (κ3) is 3.09. The average Bonchev–Trinajstić information content (AvgIpc) is 3.42. The molecule has 1 aliphatic carbocycles. The summed E-state index contributed by atoms with van der Waals surface area (Å²) >= 11 is 0. The molecule has 7 nitrogen and oxygen atoms in total. The van der Waals surface area contributed by atoms with Crippen LogP contribution >= 0.6 is 12.4 Å². The van der Waals surface area contributed by atoms with Crippen molar-refractivity contribution in [3.63, 3.8) is 0 Å². The number of nitriles is 1. The number of nitrogens with zero attached hydrogens (tertiary/aromatic N) is 4. The van der Waals surface area contributed by atoms with Crippen LogP contribution < -0.4 is 10.6 Å². The lowest BCUT2D eigenvalue weighted by Crippen LogP contribution is -2.28. The maximum absolute atomic E-state index is 11.1. The molecule has 8 heteroatoms. The number of imidazole rings is 1. The number of carbonyl (C=O) groups is 1. The molecule has 3 heterocycles. The Morgan fingerprint density at radius 2 is 2.10 bits per heavy atom. The molecule has 29 heavy (non-hydrogen) atoms. The molecule has 2 aromatic heterocycles. The molecule has 0 radical (unpaired) electrons. The number of halogens is 1.